The fourth-order valence-corrected chi connectivity index (χ4v) is 2.52. The maximum atomic E-state index is 2.40. The summed E-state index contributed by atoms with van der Waals surface area (Å²) in [6.45, 7) is 2.40. The van der Waals surface area contributed by atoms with E-state index in [1.807, 2.05) is 0 Å². The molecule has 0 nitrogen and oxygen atoms in total. The number of fused-ring (bicyclic) bond motifs is 1. The Kier molecular flexibility index (Phi) is 2.34. The maximum absolute atomic E-state index is 2.40. The zero-order chi connectivity index (χ0) is 8.39. The molecule has 0 amide bonds. The maximum Gasteiger partial charge on any atom is -0.0163 e. The Balaban J connectivity index is 2.11. The summed E-state index contributed by atoms with van der Waals surface area (Å²) in [5.74, 6) is 1.85. The number of hydrogen-bond donors (Lipinski definition) is 0. The van der Waals surface area contributed by atoms with Crippen LogP contribution in [0.1, 0.15) is 39.0 Å². The van der Waals surface area contributed by atoms with Crippen LogP contribution in [0.4, 0.5) is 0 Å². The minimum Gasteiger partial charge on any atom is -0.0839 e. The second-order valence-electron chi connectivity index (χ2n) is 4.34. The van der Waals surface area contributed by atoms with Crippen LogP contribution in [0.5, 0.6) is 0 Å². The van der Waals surface area contributed by atoms with Gasteiger partial charge in [-0.2, -0.15) is 0 Å². The van der Waals surface area contributed by atoms with Crippen molar-refractivity contribution in [3.05, 3.63) is 23.8 Å². The second-order valence-corrected chi connectivity index (χ2v) is 4.34. The molecule has 2 atom stereocenters. The van der Waals surface area contributed by atoms with E-state index in [4.69, 9.17) is 0 Å². The molecule has 66 valence electrons. The monoisotopic (exact) mass is 162 g/mol. The van der Waals surface area contributed by atoms with Gasteiger partial charge in [0, 0.05) is 0 Å². The average Bonchev–Trinajstić information content (AvgIpc) is 2.25. The molecule has 0 aliphatic heterocycles. The van der Waals surface area contributed by atoms with Gasteiger partial charge in [0.25, 0.3) is 0 Å². The highest BCUT2D eigenvalue weighted by Gasteiger charge is 2.21. The highest BCUT2D eigenvalue weighted by atomic mass is 14.3. The van der Waals surface area contributed by atoms with Crippen molar-refractivity contribution in [3.8, 4) is 0 Å². The van der Waals surface area contributed by atoms with Crippen LogP contribution >= 0.6 is 0 Å². The van der Waals surface area contributed by atoms with Crippen LogP contribution in [0.15, 0.2) is 23.8 Å². The molecule has 0 spiro atoms. The Morgan fingerprint density at radius 3 is 3.25 bits per heavy atom. The van der Waals surface area contributed by atoms with Crippen LogP contribution in [-0.4, -0.2) is 0 Å². The first-order valence-electron chi connectivity index (χ1n) is 5.22. The molecule has 0 saturated heterocycles. The van der Waals surface area contributed by atoms with Crippen LogP contribution in [0.3, 0.4) is 0 Å². The molecule has 0 aromatic carbocycles. The van der Waals surface area contributed by atoms with Gasteiger partial charge in [-0.05, 0) is 37.5 Å². The van der Waals surface area contributed by atoms with E-state index in [0.717, 1.165) is 11.8 Å². The van der Waals surface area contributed by atoms with Gasteiger partial charge in [-0.15, -0.1) is 0 Å². The predicted molar refractivity (Wildman–Crippen MR) is 53.0 cm³/mol. The number of hydrogen-bond acceptors (Lipinski definition) is 0. The third-order valence-corrected chi connectivity index (χ3v) is 3.24. The topological polar surface area (TPSA) is 0 Å². The summed E-state index contributed by atoms with van der Waals surface area (Å²) in [4.78, 5) is 0. The summed E-state index contributed by atoms with van der Waals surface area (Å²) in [5.41, 5.74) is 1.72. The van der Waals surface area contributed by atoms with E-state index in [9.17, 15) is 0 Å². The van der Waals surface area contributed by atoms with Gasteiger partial charge >= 0.3 is 0 Å². The zero-order valence-electron chi connectivity index (χ0n) is 7.92. The van der Waals surface area contributed by atoms with Crippen molar-refractivity contribution in [2.75, 3.05) is 0 Å². The molecule has 2 rings (SSSR count). The Labute approximate surface area is 75.4 Å². The van der Waals surface area contributed by atoms with Crippen molar-refractivity contribution >= 4 is 0 Å². The highest BCUT2D eigenvalue weighted by molar-refractivity contribution is 5.21. The molecule has 2 aliphatic carbocycles. The second kappa shape index (κ2) is 3.47. The van der Waals surface area contributed by atoms with E-state index >= 15 is 0 Å². The van der Waals surface area contributed by atoms with E-state index in [2.05, 4.69) is 25.2 Å². The van der Waals surface area contributed by atoms with Crippen molar-refractivity contribution in [3.63, 3.8) is 0 Å². The minimum atomic E-state index is 0.896. The molecule has 0 aromatic rings. The minimum absolute atomic E-state index is 0.896. The van der Waals surface area contributed by atoms with Crippen molar-refractivity contribution in [1.29, 1.82) is 0 Å². The van der Waals surface area contributed by atoms with E-state index in [1.165, 1.54) is 32.1 Å². The molecule has 0 heteroatoms. The Bertz CT molecular complexity index is 210. The predicted octanol–water partition coefficient (Wildman–Crippen LogP) is 3.70. The first-order valence-corrected chi connectivity index (χ1v) is 5.22. The van der Waals surface area contributed by atoms with Crippen LogP contribution in [0.25, 0.3) is 0 Å². The average molecular weight is 162 g/mol. The molecule has 1 fully saturated rings. The molecular weight excluding hydrogens is 144 g/mol. The van der Waals surface area contributed by atoms with Crippen LogP contribution < -0.4 is 0 Å². The van der Waals surface area contributed by atoms with Crippen LogP contribution in [-0.2, 0) is 0 Å². The lowest BCUT2D eigenvalue weighted by Crippen LogP contribution is -2.06. The van der Waals surface area contributed by atoms with E-state index in [1.54, 1.807) is 5.57 Å². The largest absolute Gasteiger partial charge is 0.0839 e. The molecule has 2 unspecified atom stereocenters. The van der Waals surface area contributed by atoms with Crippen molar-refractivity contribution in [2.24, 2.45) is 11.8 Å². The third kappa shape index (κ3) is 1.63. The quantitative estimate of drug-likeness (QED) is 0.509. The first kappa shape index (κ1) is 8.10. The summed E-state index contributed by atoms with van der Waals surface area (Å²) in [7, 11) is 0. The van der Waals surface area contributed by atoms with Crippen molar-refractivity contribution in [1.82, 2.24) is 0 Å². The van der Waals surface area contributed by atoms with Gasteiger partial charge in [-0.1, -0.05) is 37.1 Å². The molecule has 0 radical (unpaired) electrons. The molecule has 0 heterocycles. The fourth-order valence-electron chi connectivity index (χ4n) is 2.52. The summed E-state index contributed by atoms with van der Waals surface area (Å²) in [6.07, 6.45) is 13.9. The lowest BCUT2D eigenvalue weighted by molar-refractivity contribution is 0.435. The Morgan fingerprint density at radius 1 is 1.42 bits per heavy atom. The van der Waals surface area contributed by atoms with Crippen LogP contribution in [0, 0.1) is 11.8 Å². The summed E-state index contributed by atoms with van der Waals surface area (Å²) in [6, 6.07) is 0. The van der Waals surface area contributed by atoms with E-state index < -0.39 is 0 Å². The van der Waals surface area contributed by atoms with Crippen molar-refractivity contribution < 1.29 is 0 Å². The molecule has 0 aromatic heterocycles. The van der Waals surface area contributed by atoms with Gasteiger partial charge in [0.15, 0.2) is 0 Å². The summed E-state index contributed by atoms with van der Waals surface area (Å²) in [5, 5.41) is 0. The summed E-state index contributed by atoms with van der Waals surface area (Å²) >= 11 is 0. The molecular formula is C12H18. The van der Waals surface area contributed by atoms with Gasteiger partial charge in [-0.25, -0.2) is 0 Å². The van der Waals surface area contributed by atoms with E-state index in [0.29, 0.717) is 0 Å². The molecule has 1 saturated carbocycles. The van der Waals surface area contributed by atoms with Gasteiger partial charge in [0.2, 0.25) is 0 Å². The summed E-state index contributed by atoms with van der Waals surface area (Å²) < 4.78 is 0. The normalized spacial score (nSPS) is 35.2. The lowest BCUT2D eigenvalue weighted by Gasteiger charge is -2.20. The fraction of sp³-hybridized carbons (Fsp3) is 0.667. The molecule has 12 heavy (non-hydrogen) atoms. The zero-order valence-corrected chi connectivity index (χ0v) is 7.92. The number of rotatable bonds is 0. The van der Waals surface area contributed by atoms with Gasteiger partial charge in [0.05, 0.1) is 0 Å². The third-order valence-electron chi connectivity index (χ3n) is 3.24. The SMILES string of the molecule is CC1CCCC2=CC=CCC2C1. The van der Waals surface area contributed by atoms with Crippen molar-refractivity contribution in [2.45, 2.75) is 39.0 Å². The van der Waals surface area contributed by atoms with Gasteiger partial charge in [-0.3, -0.25) is 0 Å². The van der Waals surface area contributed by atoms with Gasteiger partial charge in [0.1, 0.15) is 0 Å². The standard InChI is InChI=1S/C12H18/c1-10-5-4-8-11-6-2-3-7-12(11)9-10/h2-3,6,10,12H,4-5,7-9H2,1H3. The highest BCUT2D eigenvalue weighted by Crippen LogP contribution is 2.35. The lowest BCUT2D eigenvalue weighted by atomic mass is 9.86. The smallest absolute Gasteiger partial charge is 0.0163 e. The molecule has 0 N–H and O–H groups in total. The van der Waals surface area contributed by atoms with E-state index in [-0.39, 0.29) is 0 Å². The Morgan fingerprint density at radius 2 is 2.33 bits per heavy atom. The first-order chi connectivity index (χ1) is 5.86. The van der Waals surface area contributed by atoms with Crippen LogP contribution in [0.2, 0.25) is 0 Å². The van der Waals surface area contributed by atoms with Gasteiger partial charge < -0.3 is 0 Å². The molecule has 0 bridgehead atoms. The molecule has 2 aliphatic rings. The number of allylic oxidation sites excluding steroid dienone is 4. The Hall–Kier alpha value is -0.520.